The average Bonchev–Trinajstić information content (AvgIpc) is 2.75. The summed E-state index contributed by atoms with van der Waals surface area (Å²) in [6.45, 7) is 1.01. The van der Waals surface area contributed by atoms with Gasteiger partial charge < -0.3 is 10.6 Å². The number of halogens is 1. The number of carbonyl (C=O) groups is 2. The lowest BCUT2D eigenvalue weighted by Gasteiger charge is -2.15. The summed E-state index contributed by atoms with van der Waals surface area (Å²) in [6, 6.07) is 9.72. The quantitative estimate of drug-likeness (QED) is 0.842. The van der Waals surface area contributed by atoms with E-state index in [0.29, 0.717) is 13.1 Å². The maximum atomic E-state index is 11.6. The number of carbonyl (C=O) groups excluding carboxylic acids is 2. The Hall–Kier alpha value is -1.55. The summed E-state index contributed by atoms with van der Waals surface area (Å²) in [5.41, 5.74) is 6.27. The Kier molecular flexibility index (Phi) is 5.65. The zero-order chi connectivity index (χ0) is 13.5. The van der Waals surface area contributed by atoms with Crippen LogP contribution in [0.4, 0.5) is 0 Å². The molecule has 1 aliphatic rings. The van der Waals surface area contributed by atoms with Gasteiger partial charge in [0.05, 0.1) is 5.92 Å². The molecule has 0 spiro atoms. The van der Waals surface area contributed by atoms with Crippen LogP contribution in [0.5, 0.6) is 0 Å². The second kappa shape index (κ2) is 7.01. The highest BCUT2D eigenvalue weighted by molar-refractivity contribution is 6.15. The molecule has 1 aromatic carbocycles. The highest BCUT2D eigenvalue weighted by Crippen LogP contribution is 2.19. The van der Waals surface area contributed by atoms with Crippen LogP contribution in [0.2, 0.25) is 0 Å². The topological polar surface area (TPSA) is 63.4 Å². The van der Waals surface area contributed by atoms with Crippen molar-refractivity contribution in [2.45, 2.75) is 13.0 Å². The zero-order valence-corrected chi connectivity index (χ0v) is 11.1. The van der Waals surface area contributed by atoms with Crippen molar-refractivity contribution in [2.24, 2.45) is 11.7 Å². The van der Waals surface area contributed by atoms with Gasteiger partial charge >= 0.3 is 0 Å². The molecule has 18 heavy (non-hydrogen) atoms. The number of benzene rings is 1. The summed E-state index contributed by atoms with van der Waals surface area (Å²) < 4.78 is 0. The average molecular weight is 269 g/mol. The Morgan fingerprint density at radius 1 is 1.39 bits per heavy atom. The van der Waals surface area contributed by atoms with Crippen LogP contribution in [0.15, 0.2) is 30.3 Å². The normalized spacial score (nSPS) is 18.2. The first-order chi connectivity index (χ1) is 8.66. The van der Waals surface area contributed by atoms with Gasteiger partial charge in [-0.2, -0.15) is 0 Å². The molecule has 0 aromatic heterocycles. The van der Waals surface area contributed by atoms with E-state index in [4.69, 9.17) is 5.73 Å². The Balaban J connectivity index is 0.000000771. The van der Waals surface area contributed by atoms with Crippen molar-refractivity contribution < 1.29 is 9.59 Å². The van der Waals surface area contributed by atoms with E-state index < -0.39 is 0 Å². The standard InChI is InChI=1S/C12H14N2O2.CH3Cl/c13-12(16)10-6-11(15)14(8-10)7-9-4-2-1-3-5-9;1-2/h1-5,10H,6-8H2,(H2,13,16);1H3. The predicted octanol–water partition coefficient (Wildman–Crippen LogP) is 1.38. The van der Waals surface area contributed by atoms with E-state index in [9.17, 15) is 9.59 Å². The third kappa shape index (κ3) is 3.74. The first kappa shape index (κ1) is 14.5. The summed E-state index contributed by atoms with van der Waals surface area (Å²) >= 11 is 4.64. The van der Waals surface area contributed by atoms with Crippen LogP contribution in [-0.2, 0) is 16.1 Å². The maximum absolute atomic E-state index is 11.6. The Bertz CT molecular complexity index is 409. The van der Waals surface area contributed by atoms with Gasteiger partial charge in [-0.3, -0.25) is 9.59 Å². The molecule has 0 radical (unpaired) electrons. The number of primary amides is 1. The van der Waals surface area contributed by atoms with Crippen molar-refractivity contribution in [1.29, 1.82) is 0 Å². The van der Waals surface area contributed by atoms with Gasteiger partial charge in [0.2, 0.25) is 11.8 Å². The van der Waals surface area contributed by atoms with E-state index in [1.165, 1.54) is 6.38 Å². The number of hydrogen-bond acceptors (Lipinski definition) is 2. The lowest BCUT2D eigenvalue weighted by atomic mass is 10.1. The van der Waals surface area contributed by atoms with Gasteiger partial charge in [0.15, 0.2) is 0 Å². The van der Waals surface area contributed by atoms with Gasteiger partial charge in [0.1, 0.15) is 0 Å². The SMILES string of the molecule is CCl.NC(=O)C1CC(=O)N(Cc2ccccc2)C1. The molecule has 0 saturated carbocycles. The predicted molar refractivity (Wildman–Crippen MR) is 70.9 cm³/mol. The molecule has 1 heterocycles. The number of hydrogen-bond donors (Lipinski definition) is 1. The molecular weight excluding hydrogens is 252 g/mol. The van der Waals surface area contributed by atoms with E-state index in [2.05, 4.69) is 11.6 Å². The van der Waals surface area contributed by atoms with Crippen molar-refractivity contribution in [3.8, 4) is 0 Å². The van der Waals surface area contributed by atoms with Gasteiger partial charge in [-0.15, -0.1) is 11.6 Å². The largest absolute Gasteiger partial charge is 0.369 e. The summed E-state index contributed by atoms with van der Waals surface area (Å²) in [4.78, 5) is 24.3. The molecule has 2 amide bonds. The Morgan fingerprint density at radius 3 is 2.50 bits per heavy atom. The van der Waals surface area contributed by atoms with Crippen molar-refractivity contribution in [3.05, 3.63) is 35.9 Å². The third-order valence-corrected chi connectivity index (χ3v) is 2.83. The second-order valence-corrected chi connectivity index (χ2v) is 4.06. The molecule has 1 fully saturated rings. The molecule has 1 aliphatic heterocycles. The molecule has 1 saturated heterocycles. The first-order valence-corrected chi connectivity index (χ1v) is 6.41. The lowest BCUT2D eigenvalue weighted by Crippen LogP contribution is -2.28. The highest BCUT2D eigenvalue weighted by Gasteiger charge is 2.32. The van der Waals surface area contributed by atoms with Crippen LogP contribution in [0.25, 0.3) is 0 Å². The third-order valence-electron chi connectivity index (χ3n) is 2.83. The minimum atomic E-state index is -0.385. The number of amides is 2. The number of nitrogens with zero attached hydrogens (tertiary/aromatic N) is 1. The smallest absolute Gasteiger partial charge is 0.223 e. The van der Waals surface area contributed by atoms with Gasteiger partial charge in [0.25, 0.3) is 0 Å². The molecule has 2 rings (SSSR count). The molecule has 5 heteroatoms. The van der Waals surface area contributed by atoms with E-state index in [1.807, 2.05) is 30.3 Å². The fourth-order valence-corrected chi connectivity index (χ4v) is 1.92. The summed E-state index contributed by atoms with van der Waals surface area (Å²) in [6.07, 6.45) is 1.72. The van der Waals surface area contributed by atoms with E-state index in [0.717, 1.165) is 5.56 Å². The number of rotatable bonds is 3. The molecule has 1 unspecified atom stereocenters. The van der Waals surface area contributed by atoms with Crippen molar-refractivity contribution in [1.82, 2.24) is 4.90 Å². The van der Waals surface area contributed by atoms with Crippen molar-refractivity contribution >= 4 is 23.4 Å². The van der Waals surface area contributed by atoms with Gasteiger partial charge in [0, 0.05) is 25.9 Å². The van der Waals surface area contributed by atoms with Gasteiger partial charge in [-0.25, -0.2) is 0 Å². The molecule has 0 aliphatic carbocycles. The minimum absolute atomic E-state index is 0.00709. The van der Waals surface area contributed by atoms with Crippen LogP contribution in [0.1, 0.15) is 12.0 Å². The summed E-state index contributed by atoms with van der Waals surface area (Å²) in [7, 11) is 0. The van der Waals surface area contributed by atoms with E-state index >= 15 is 0 Å². The van der Waals surface area contributed by atoms with Crippen LogP contribution >= 0.6 is 11.6 Å². The Morgan fingerprint density at radius 2 is 2.00 bits per heavy atom. The van der Waals surface area contributed by atoms with Crippen molar-refractivity contribution in [3.63, 3.8) is 0 Å². The lowest BCUT2D eigenvalue weighted by molar-refractivity contribution is -0.128. The first-order valence-electron chi connectivity index (χ1n) is 5.65. The van der Waals surface area contributed by atoms with E-state index in [-0.39, 0.29) is 24.2 Å². The maximum Gasteiger partial charge on any atom is 0.223 e. The van der Waals surface area contributed by atoms with Crippen LogP contribution < -0.4 is 5.73 Å². The highest BCUT2D eigenvalue weighted by atomic mass is 35.5. The number of nitrogens with two attached hydrogens (primary N) is 1. The molecule has 1 atom stereocenters. The number of alkyl halides is 1. The zero-order valence-electron chi connectivity index (χ0n) is 10.3. The van der Waals surface area contributed by atoms with Crippen LogP contribution in [0, 0.1) is 5.92 Å². The summed E-state index contributed by atoms with van der Waals surface area (Å²) in [5, 5.41) is 0. The number of likely N-dealkylation sites (tertiary alicyclic amines) is 1. The minimum Gasteiger partial charge on any atom is -0.369 e. The monoisotopic (exact) mass is 268 g/mol. The van der Waals surface area contributed by atoms with E-state index in [1.54, 1.807) is 4.90 Å². The van der Waals surface area contributed by atoms with Gasteiger partial charge in [-0.05, 0) is 5.56 Å². The molecule has 4 nitrogen and oxygen atoms in total. The fourth-order valence-electron chi connectivity index (χ4n) is 1.92. The molecular formula is C13H17ClN2O2. The fraction of sp³-hybridized carbons (Fsp3) is 0.385. The molecule has 0 bridgehead atoms. The van der Waals surface area contributed by atoms with Crippen LogP contribution in [0.3, 0.4) is 0 Å². The van der Waals surface area contributed by atoms with Gasteiger partial charge in [-0.1, -0.05) is 30.3 Å². The molecule has 1 aromatic rings. The molecule has 2 N–H and O–H groups in total. The molecule has 98 valence electrons. The Labute approximate surface area is 112 Å². The van der Waals surface area contributed by atoms with Crippen molar-refractivity contribution in [2.75, 3.05) is 12.9 Å². The second-order valence-electron chi connectivity index (χ2n) is 4.06. The summed E-state index contributed by atoms with van der Waals surface area (Å²) in [5.74, 6) is -0.701. The van der Waals surface area contributed by atoms with Crippen LogP contribution in [-0.4, -0.2) is 29.6 Å².